The van der Waals surface area contributed by atoms with Crippen molar-refractivity contribution < 1.29 is 9.53 Å². The highest BCUT2D eigenvalue weighted by Gasteiger charge is 2.23. The van der Waals surface area contributed by atoms with Gasteiger partial charge in [0.15, 0.2) is 5.17 Å². The third-order valence-electron chi connectivity index (χ3n) is 3.03. The lowest BCUT2D eigenvalue weighted by Gasteiger charge is -2.00. The number of ether oxygens (including phenoxy) is 1. The van der Waals surface area contributed by atoms with Gasteiger partial charge < -0.3 is 10.1 Å². The van der Waals surface area contributed by atoms with Crippen LogP contribution in [0.25, 0.3) is 6.08 Å². The number of carbonyl (C=O) groups is 1. The van der Waals surface area contributed by atoms with E-state index in [2.05, 4.69) is 10.3 Å². The zero-order valence-electron chi connectivity index (χ0n) is 11.9. The molecule has 2 aromatic carbocycles. The fourth-order valence-corrected chi connectivity index (χ4v) is 2.82. The van der Waals surface area contributed by atoms with Crippen LogP contribution in [0.2, 0.25) is 0 Å². The molecule has 1 heterocycles. The SMILES string of the molecule is COc1cccc(N=C2NC(=O)C(=Cc3ccccc3)S2)c1. The molecule has 0 spiro atoms. The Morgan fingerprint density at radius 3 is 2.73 bits per heavy atom. The Balaban J connectivity index is 1.82. The second-order valence-electron chi connectivity index (χ2n) is 4.59. The summed E-state index contributed by atoms with van der Waals surface area (Å²) in [5.74, 6) is 0.603. The first-order valence-corrected chi connectivity index (χ1v) is 7.55. The molecule has 0 radical (unpaired) electrons. The van der Waals surface area contributed by atoms with Crippen LogP contribution in [-0.2, 0) is 4.79 Å². The number of carbonyl (C=O) groups excluding carboxylic acids is 1. The molecule has 3 rings (SSSR count). The monoisotopic (exact) mass is 310 g/mol. The molecule has 4 nitrogen and oxygen atoms in total. The third kappa shape index (κ3) is 3.38. The molecule has 1 aliphatic heterocycles. The van der Waals surface area contributed by atoms with Crippen LogP contribution in [0.4, 0.5) is 5.69 Å². The second kappa shape index (κ2) is 6.49. The van der Waals surface area contributed by atoms with E-state index in [0.717, 1.165) is 17.0 Å². The number of benzene rings is 2. The predicted octanol–water partition coefficient (Wildman–Crippen LogP) is 3.59. The van der Waals surface area contributed by atoms with Crippen molar-refractivity contribution >= 4 is 34.6 Å². The van der Waals surface area contributed by atoms with Crippen molar-refractivity contribution in [1.82, 2.24) is 5.32 Å². The van der Waals surface area contributed by atoms with E-state index >= 15 is 0 Å². The Bertz CT molecular complexity index is 754. The number of amidine groups is 1. The molecule has 0 aromatic heterocycles. The zero-order chi connectivity index (χ0) is 15.4. The number of aliphatic imine (C=N–C) groups is 1. The number of thioether (sulfide) groups is 1. The Labute approximate surface area is 132 Å². The molecular weight excluding hydrogens is 296 g/mol. The summed E-state index contributed by atoms with van der Waals surface area (Å²) in [4.78, 5) is 17.1. The summed E-state index contributed by atoms with van der Waals surface area (Å²) in [6.07, 6.45) is 1.86. The normalized spacial score (nSPS) is 17.8. The van der Waals surface area contributed by atoms with Gasteiger partial charge in [-0.05, 0) is 35.5 Å². The zero-order valence-corrected chi connectivity index (χ0v) is 12.8. The fourth-order valence-electron chi connectivity index (χ4n) is 1.98. The lowest BCUT2D eigenvalue weighted by molar-refractivity contribution is -0.115. The van der Waals surface area contributed by atoms with Gasteiger partial charge in [0.05, 0.1) is 17.7 Å². The van der Waals surface area contributed by atoms with Crippen LogP contribution in [0.15, 0.2) is 64.5 Å². The number of nitrogens with one attached hydrogen (secondary N) is 1. The van der Waals surface area contributed by atoms with Gasteiger partial charge in [0.25, 0.3) is 5.91 Å². The van der Waals surface area contributed by atoms with Crippen LogP contribution >= 0.6 is 11.8 Å². The molecule has 0 bridgehead atoms. The van der Waals surface area contributed by atoms with E-state index in [1.54, 1.807) is 7.11 Å². The molecule has 1 fully saturated rings. The summed E-state index contributed by atoms with van der Waals surface area (Å²) in [6, 6.07) is 17.1. The number of methoxy groups -OCH3 is 1. The molecule has 5 heteroatoms. The summed E-state index contributed by atoms with van der Waals surface area (Å²) in [5.41, 5.74) is 1.73. The second-order valence-corrected chi connectivity index (χ2v) is 5.62. The topological polar surface area (TPSA) is 50.7 Å². The number of hydrogen-bond donors (Lipinski definition) is 1. The van der Waals surface area contributed by atoms with Crippen molar-refractivity contribution in [3.63, 3.8) is 0 Å². The summed E-state index contributed by atoms with van der Waals surface area (Å²) < 4.78 is 5.17. The maximum Gasteiger partial charge on any atom is 0.264 e. The fraction of sp³-hybridized carbons (Fsp3) is 0.0588. The molecule has 0 saturated carbocycles. The summed E-state index contributed by atoms with van der Waals surface area (Å²) in [7, 11) is 1.61. The van der Waals surface area contributed by atoms with Gasteiger partial charge in [-0.3, -0.25) is 4.79 Å². The van der Waals surface area contributed by atoms with Gasteiger partial charge in [-0.1, -0.05) is 36.4 Å². The van der Waals surface area contributed by atoms with Crippen molar-refractivity contribution in [2.45, 2.75) is 0 Å². The molecule has 0 atom stereocenters. The predicted molar refractivity (Wildman–Crippen MR) is 90.2 cm³/mol. The van der Waals surface area contributed by atoms with E-state index in [9.17, 15) is 4.79 Å². The molecule has 0 unspecified atom stereocenters. The van der Waals surface area contributed by atoms with Gasteiger partial charge in [0, 0.05) is 6.07 Å². The molecule has 2 aromatic rings. The van der Waals surface area contributed by atoms with Gasteiger partial charge in [0.2, 0.25) is 0 Å². The van der Waals surface area contributed by atoms with E-state index in [4.69, 9.17) is 4.74 Å². The summed E-state index contributed by atoms with van der Waals surface area (Å²) >= 11 is 1.33. The highest BCUT2D eigenvalue weighted by atomic mass is 32.2. The smallest absolute Gasteiger partial charge is 0.264 e. The number of amides is 1. The minimum Gasteiger partial charge on any atom is -0.497 e. The molecule has 1 N–H and O–H groups in total. The van der Waals surface area contributed by atoms with Gasteiger partial charge in [-0.15, -0.1) is 0 Å². The van der Waals surface area contributed by atoms with Gasteiger partial charge in [-0.25, -0.2) is 4.99 Å². The minimum atomic E-state index is -0.129. The highest BCUT2D eigenvalue weighted by Crippen LogP contribution is 2.28. The third-order valence-corrected chi connectivity index (χ3v) is 3.94. The standard InChI is InChI=1S/C17H14N2O2S/c1-21-14-9-5-8-13(11-14)18-17-19-16(20)15(22-17)10-12-6-3-2-4-7-12/h2-11H,1H3,(H,18,19,20). The summed E-state index contributed by atoms with van der Waals surface area (Å²) in [6.45, 7) is 0. The number of rotatable bonds is 3. The Morgan fingerprint density at radius 1 is 1.14 bits per heavy atom. The maximum atomic E-state index is 12.0. The Kier molecular flexibility index (Phi) is 4.25. The Hall–Kier alpha value is -2.53. The minimum absolute atomic E-state index is 0.129. The van der Waals surface area contributed by atoms with Crippen molar-refractivity contribution in [3.8, 4) is 5.75 Å². The van der Waals surface area contributed by atoms with Crippen LogP contribution in [0, 0.1) is 0 Å². The van der Waals surface area contributed by atoms with E-state index in [1.165, 1.54) is 11.8 Å². The molecule has 22 heavy (non-hydrogen) atoms. The van der Waals surface area contributed by atoms with E-state index in [0.29, 0.717) is 10.1 Å². The number of hydrogen-bond acceptors (Lipinski definition) is 4. The van der Waals surface area contributed by atoms with E-state index in [1.807, 2.05) is 60.7 Å². The quantitative estimate of drug-likeness (QED) is 0.882. The molecule has 1 saturated heterocycles. The average molecular weight is 310 g/mol. The van der Waals surface area contributed by atoms with Crippen LogP contribution in [0.5, 0.6) is 5.75 Å². The lowest BCUT2D eigenvalue weighted by Crippen LogP contribution is -2.19. The summed E-state index contributed by atoms with van der Waals surface area (Å²) in [5, 5.41) is 3.34. The first-order chi connectivity index (χ1) is 10.7. The van der Waals surface area contributed by atoms with Gasteiger partial charge in [-0.2, -0.15) is 0 Å². The Morgan fingerprint density at radius 2 is 1.95 bits per heavy atom. The first-order valence-electron chi connectivity index (χ1n) is 6.73. The van der Waals surface area contributed by atoms with Crippen LogP contribution in [-0.4, -0.2) is 18.2 Å². The first kappa shape index (κ1) is 14.4. The van der Waals surface area contributed by atoms with Crippen molar-refractivity contribution in [3.05, 3.63) is 65.1 Å². The highest BCUT2D eigenvalue weighted by molar-refractivity contribution is 8.18. The molecule has 0 aliphatic carbocycles. The largest absolute Gasteiger partial charge is 0.497 e. The maximum absolute atomic E-state index is 12.0. The molecule has 1 aliphatic rings. The van der Waals surface area contributed by atoms with Crippen LogP contribution < -0.4 is 10.1 Å². The average Bonchev–Trinajstić information content (AvgIpc) is 2.88. The molecule has 110 valence electrons. The van der Waals surface area contributed by atoms with Crippen LogP contribution in [0.3, 0.4) is 0 Å². The van der Waals surface area contributed by atoms with Crippen molar-refractivity contribution in [2.75, 3.05) is 7.11 Å². The van der Waals surface area contributed by atoms with Gasteiger partial charge in [0.1, 0.15) is 5.75 Å². The van der Waals surface area contributed by atoms with Crippen molar-refractivity contribution in [2.24, 2.45) is 4.99 Å². The van der Waals surface area contributed by atoms with Crippen LogP contribution in [0.1, 0.15) is 5.56 Å². The lowest BCUT2D eigenvalue weighted by atomic mass is 10.2. The molecule has 1 amide bonds. The van der Waals surface area contributed by atoms with Gasteiger partial charge >= 0.3 is 0 Å². The van der Waals surface area contributed by atoms with Crippen molar-refractivity contribution in [1.29, 1.82) is 0 Å². The number of nitrogens with zero attached hydrogens (tertiary/aromatic N) is 1. The van der Waals surface area contributed by atoms with E-state index in [-0.39, 0.29) is 5.91 Å². The van der Waals surface area contributed by atoms with E-state index < -0.39 is 0 Å². The molecular formula is C17H14N2O2S.